The highest BCUT2D eigenvalue weighted by Crippen LogP contribution is 2.39. The van der Waals surface area contributed by atoms with E-state index in [9.17, 15) is 0 Å². The summed E-state index contributed by atoms with van der Waals surface area (Å²) in [6.45, 7) is 4.36. The van der Waals surface area contributed by atoms with Crippen molar-refractivity contribution in [2.24, 2.45) is 11.7 Å². The first-order valence-electron chi connectivity index (χ1n) is 7.36. The predicted octanol–water partition coefficient (Wildman–Crippen LogP) is 1.67. The molecule has 2 aliphatic heterocycles. The zero-order valence-corrected chi connectivity index (χ0v) is 12.0. The maximum absolute atomic E-state index is 5.86. The summed E-state index contributed by atoms with van der Waals surface area (Å²) < 4.78 is 0. The third kappa shape index (κ3) is 2.42. The summed E-state index contributed by atoms with van der Waals surface area (Å²) in [5.41, 5.74) is 8.96. The van der Waals surface area contributed by atoms with Gasteiger partial charge in [-0.3, -0.25) is 4.90 Å². The molecule has 3 nitrogen and oxygen atoms in total. The molecule has 0 amide bonds. The third-order valence-corrected chi connectivity index (χ3v) is 4.83. The summed E-state index contributed by atoms with van der Waals surface area (Å²) in [5, 5.41) is 0. The van der Waals surface area contributed by atoms with Crippen molar-refractivity contribution in [3.8, 4) is 0 Å². The molecule has 1 aromatic rings. The van der Waals surface area contributed by atoms with Gasteiger partial charge >= 0.3 is 0 Å². The standard InChI is InChI=1S/C16H25N3/c1-18-10-13(11-18)14-5-3-4-6-15(14)16-7-12(8-17)9-19(16)2/h3-6,12-13,16H,7-11,17H2,1-2H3. The minimum Gasteiger partial charge on any atom is -0.330 e. The van der Waals surface area contributed by atoms with E-state index in [4.69, 9.17) is 5.73 Å². The number of hydrogen-bond acceptors (Lipinski definition) is 3. The molecule has 2 unspecified atom stereocenters. The molecule has 0 aromatic heterocycles. The fourth-order valence-corrected chi connectivity index (χ4v) is 3.72. The molecule has 3 heteroatoms. The quantitative estimate of drug-likeness (QED) is 0.896. The van der Waals surface area contributed by atoms with Gasteiger partial charge in [-0.25, -0.2) is 0 Å². The fraction of sp³-hybridized carbons (Fsp3) is 0.625. The molecule has 0 radical (unpaired) electrons. The second kappa shape index (κ2) is 5.23. The molecule has 0 saturated carbocycles. The summed E-state index contributed by atoms with van der Waals surface area (Å²) >= 11 is 0. The molecule has 2 atom stereocenters. The van der Waals surface area contributed by atoms with E-state index in [1.165, 1.54) is 19.5 Å². The maximum atomic E-state index is 5.86. The zero-order valence-electron chi connectivity index (χ0n) is 12.0. The van der Waals surface area contributed by atoms with Crippen molar-refractivity contribution in [3.63, 3.8) is 0 Å². The summed E-state index contributed by atoms with van der Waals surface area (Å²) in [7, 11) is 4.44. The van der Waals surface area contributed by atoms with Gasteiger partial charge in [-0.15, -0.1) is 0 Å². The molecule has 0 aliphatic carbocycles. The van der Waals surface area contributed by atoms with Crippen LogP contribution in [0.2, 0.25) is 0 Å². The van der Waals surface area contributed by atoms with Crippen LogP contribution in [0.5, 0.6) is 0 Å². The number of likely N-dealkylation sites (tertiary alicyclic amines) is 2. The van der Waals surface area contributed by atoms with Gasteiger partial charge in [-0.05, 0) is 44.1 Å². The van der Waals surface area contributed by atoms with Crippen molar-refractivity contribution >= 4 is 0 Å². The minimum absolute atomic E-state index is 0.565. The summed E-state index contributed by atoms with van der Waals surface area (Å²) in [4.78, 5) is 4.88. The van der Waals surface area contributed by atoms with Crippen molar-refractivity contribution in [1.29, 1.82) is 0 Å². The number of nitrogens with two attached hydrogens (primary N) is 1. The van der Waals surface area contributed by atoms with E-state index in [-0.39, 0.29) is 0 Å². The molecule has 0 bridgehead atoms. The lowest BCUT2D eigenvalue weighted by atomic mass is 9.85. The van der Waals surface area contributed by atoms with Crippen LogP contribution in [0.25, 0.3) is 0 Å². The van der Waals surface area contributed by atoms with E-state index in [0.717, 1.165) is 19.0 Å². The Bertz CT molecular complexity index is 439. The fourth-order valence-electron chi connectivity index (χ4n) is 3.72. The number of hydrogen-bond donors (Lipinski definition) is 1. The van der Waals surface area contributed by atoms with Gasteiger partial charge in [0.05, 0.1) is 0 Å². The third-order valence-electron chi connectivity index (χ3n) is 4.83. The first-order chi connectivity index (χ1) is 9.19. The van der Waals surface area contributed by atoms with Crippen molar-refractivity contribution in [3.05, 3.63) is 35.4 Å². The normalized spacial score (nSPS) is 29.6. The second-order valence-corrected chi connectivity index (χ2v) is 6.34. The highest BCUT2D eigenvalue weighted by Gasteiger charge is 2.34. The smallest absolute Gasteiger partial charge is 0.0351 e. The molecule has 2 heterocycles. The van der Waals surface area contributed by atoms with Gasteiger partial charge < -0.3 is 10.6 Å². The summed E-state index contributed by atoms with van der Waals surface area (Å²) in [6.07, 6.45) is 1.21. The van der Waals surface area contributed by atoms with E-state index >= 15 is 0 Å². The van der Waals surface area contributed by atoms with Crippen LogP contribution in [0.3, 0.4) is 0 Å². The molecule has 2 N–H and O–H groups in total. The summed E-state index contributed by atoms with van der Waals surface area (Å²) in [5.74, 6) is 1.39. The van der Waals surface area contributed by atoms with Crippen molar-refractivity contribution in [2.75, 3.05) is 40.3 Å². The van der Waals surface area contributed by atoms with Crippen molar-refractivity contribution < 1.29 is 0 Å². The van der Waals surface area contributed by atoms with E-state index in [1.54, 1.807) is 11.1 Å². The van der Waals surface area contributed by atoms with Crippen molar-refractivity contribution in [1.82, 2.24) is 9.80 Å². The van der Waals surface area contributed by atoms with Gasteiger partial charge in [0.2, 0.25) is 0 Å². The Morgan fingerprint density at radius 3 is 2.37 bits per heavy atom. The number of benzene rings is 1. The van der Waals surface area contributed by atoms with Crippen LogP contribution >= 0.6 is 0 Å². The van der Waals surface area contributed by atoms with Crippen LogP contribution < -0.4 is 5.73 Å². The monoisotopic (exact) mass is 259 g/mol. The van der Waals surface area contributed by atoms with Gasteiger partial charge in [-0.1, -0.05) is 24.3 Å². The predicted molar refractivity (Wildman–Crippen MR) is 79.2 cm³/mol. The highest BCUT2D eigenvalue weighted by molar-refractivity contribution is 5.35. The minimum atomic E-state index is 0.565. The van der Waals surface area contributed by atoms with Gasteiger partial charge in [-0.2, -0.15) is 0 Å². The molecule has 0 spiro atoms. The Labute approximate surface area is 116 Å². The van der Waals surface area contributed by atoms with Gasteiger partial charge in [0.15, 0.2) is 0 Å². The second-order valence-electron chi connectivity index (χ2n) is 6.34. The van der Waals surface area contributed by atoms with Gasteiger partial charge in [0.1, 0.15) is 0 Å². The average molecular weight is 259 g/mol. The Morgan fingerprint density at radius 1 is 1.11 bits per heavy atom. The van der Waals surface area contributed by atoms with Crippen molar-refractivity contribution in [2.45, 2.75) is 18.4 Å². The number of likely N-dealkylation sites (N-methyl/N-ethyl adjacent to an activating group) is 1. The Hall–Kier alpha value is -0.900. The lowest BCUT2D eigenvalue weighted by Crippen LogP contribution is -2.42. The van der Waals surface area contributed by atoms with Crippen LogP contribution in [-0.2, 0) is 0 Å². The molecule has 2 saturated heterocycles. The topological polar surface area (TPSA) is 32.5 Å². The molecule has 2 fully saturated rings. The number of rotatable bonds is 3. The number of nitrogens with zero attached hydrogens (tertiary/aromatic N) is 2. The summed E-state index contributed by atoms with van der Waals surface area (Å²) in [6, 6.07) is 9.59. The lowest BCUT2D eigenvalue weighted by molar-refractivity contribution is 0.187. The van der Waals surface area contributed by atoms with E-state index in [1.807, 2.05) is 0 Å². The molecule has 3 rings (SSSR count). The largest absolute Gasteiger partial charge is 0.330 e. The van der Waals surface area contributed by atoms with E-state index in [2.05, 4.69) is 48.2 Å². The average Bonchev–Trinajstić information content (AvgIpc) is 2.76. The lowest BCUT2D eigenvalue weighted by Gasteiger charge is -2.38. The molecule has 2 aliphatic rings. The Morgan fingerprint density at radius 2 is 1.79 bits per heavy atom. The van der Waals surface area contributed by atoms with E-state index < -0.39 is 0 Å². The van der Waals surface area contributed by atoms with Crippen LogP contribution in [-0.4, -0.2) is 50.1 Å². The SMILES string of the molecule is CN1CC(c2ccccc2C2CC(CN)CN2C)C1. The zero-order chi connectivity index (χ0) is 13.4. The first kappa shape index (κ1) is 13.1. The highest BCUT2D eigenvalue weighted by atomic mass is 15.2. The van der Waals surface area contributed by atoms with Gasteiger partial charge in [0.25, 0.3) is 0 Å². The van der Waals surface area contributed by atoms with Gasteiger partial charge in [0, 0.05) is 31.6 Å². The first-order valence-corrected chi connectivity index (χ1v) is 7.36. The Balaban J connectivity index is 1.84. The van der Waals surface area contributed by atoms with E-state index in [0.29, 0.717) is 12.0 Å². The molecular weight excluding hydrogens is 234 g/mol. The Kier molecular flexibility index (Phi) is 3.61. The van der Waals surface area contributed by atoms with Crippen LogP contribution in [0.1, 0.15) is 29.5 Å². The molecule has 19 heavy (non-hydrogen) atoms. The van der Waals surface area contributed by atoms with Crippen LogP contribution in [0.15, 0.2) is 24.3 Å². The maximum Gasteiger partial charge on any atom is 0.0351 e. The van der Waals surface area contributed by atoms with Crippen LogP contribution in [0.4, 0.5) is 0 Å². The van der Waals surface area contributed by atoms with Crippen LogP contribution in [0, 0.1) is 5.92 Å². The molecule has 1 aromatic carbocycles. The molecule has 104 valence electrons. The molecular formula is C16H25N3.